The first-order valence-electron chi connectivity index (χ1n) is 9.00. The third-order valence-electron chi connectivity index (χ3n) is 4.20. The summed E-state index contributed by atoms with van der Waals surface area (Å²) in [7, 11) is 0. The molecule has 0 saturated heterocycles. The van der Waals surface area contributed by atoms with Gasteiger partial charge in [-0.05, 0) is 62.2 Å². The molecule has 0 unspecified atom stereocenters. The molecule has 0 atom stereocenters. The molecule has 0 aliphatic rings. The average molecular weight is 366 g/mol. The van der Waals surface area contributed by atoms with Crippen LogP contribution in [-0.4, -0.2) is 15.6 Å². The topological polar surface area (TPSA) is 37.0 Å². The van der Waals surface area contributed by atoms with Crippen LogP contribution in [0.25, 0.3) is 21.8 Å². The summed E-state index contributed by atoms with van der Waals surface area (Å²) in [4.78, 5) is 4.77. The Morgan fingerprint density at radius 3 is 2.35 bits per heavy atom. The van der Waals surface area contributed by atoms with Gasteiger partial charge in [-0.1, -0.05) is 45.0 Å². The number of aromatic nitrogens is 1. The van der Waals surface area contributed by atoms with Gasteiger partial charge in [-0.3, -0.25) is 0 Å². The molecule has 1 aromatic heterocycles. The highest BCUT2D eigenvalue weighted by Crippen LogP contribution is 2.27. The normalized spacial score (nSPS) is 12.3. The maximum Gasteiger partial charge on any atom is 0.171 e. The quantitative estimate of drug-likeness (QED) is 0.448. The number of anilines is 1. The van der Waals surface area contributed by atoms with Crippen LogP contribution in [0.3, 0.4) is 0 Å². The van der Waals surface area contributed by atoms with E-state index < -0.39 is 0 Å². The number of hydrogen-bond donors (Lipinski definition) is 2. The van der Waals surface area contributed by atoms with Gasteiger partial charge >= 0.3 is 0 Å². The summed E-state index contributed by atoms with van der Waals surface area (Å²) in [5, 5.41) is 9.66. The SMILES string of the molecule is CC(C)(C)CC(C)(C)NC(=S)Nc1ccc2cc3ccccc3nc2c1. The largest absolute Gasteiger partial charge is 0.358 e. The molecule has 0 amide bonds. The Kier molecular flexibility index (Phi) is 4.89. The predicted molar refractivity (Wildman–Crippen MR) is 117 cm³/mol. The van der Waals surface area contributed by atoms with E-state index in [1.165, 1.54) is 0 Å². The summed E-state index contributed by atoms with van der Waals surface area (Å²) in [6.07, 6.45) is 1.02. The molecule has 3 aromatic rings. The molecule has 0 radical (unpaired) electrons. The van der Waals surface area contributed by atoms with Gasteiger partial charge in [0.1, 0.15) is 0 Å². The molecule has 0 spiro atoms. The van der Waals surface area contributed by atoms with Gasteiger partial charge in [0.25, 0.3) is 0 Å². The second kappa shape index (κ2) is 6.84. The molecule has 0 aliphatic carbocycles. The van der Waals surface area contributed by atoms with Crippen LogP contribution in [0.5, 0.6) is 0 Å². The third kappa shape index (κ3) is 4.70. The smallest absolute Gasteiger partial charge is 0.171 e. The van der Waals surface area contributed by atoms with Gasteiger partial charge in [-0.2, -0.15) is 0 Å². The molecule has 0 saturated carbocycles. The van der Waals surface area contributed by atoms with E-state index in [1.807, 2.05) is 30.3 Å². The lowest BCUT2D eigenvalue weighted by atomic mass is 9.82. The van der Waals surface area contributed by atoms with E-state index in [2.05, 4.69) is 63.5 Å². The Bertz CT molecular complexity index is 954. The van der Waals surface area contributed by atoms with Crippen molar-refractivity contribution in [2.75, 3.05) is 5.32 Å². The maximum absolute atomic E-state index is 5.53. The first kappa shape index (κ1) is 18.6. The molecule has 136 valence electrons. The monoisotopic (exact) mass is 365 g/mol. The summed E-state index contributed by atoms with van der Waals surface area (Å²) in [5.74, 6) is 0. The second-order valence-corrected chi connectivity index (χ2v) is 9.20. The van der Waals surface area contributed by atoms with E-state index in [0.717, 1.165) is 33.9 Å². The molecule has 1 heterocycles. The molecule has 3 rings (SSSR count). The van der Waals surface area contributed by atoms with Crippen LogP contribution in [0, 0.1) is 5.41 Å². The zero-order valence-corrected chi connectivity index (χ0v) is 17.0. The second-order valence-electron chi connectivity index (χ2n) is 8.79. The van der Waals surface area contributed by atoms with E-state index in [4.69, 9.17) is 17.2 Å². The number of nitrogens with zero attached hydrogens (tertiary/aromatic N) is 1. The molecule has 0 bridgehead atoms. The molecule has 3 nitrogen and oxygen atoms in total. The highest BCUT2D eigenvalue weighted by atomic mass is 32.1. The molecule has 2 N–H and O–H groups in total. The Labute approximate surface area is 161 Å². The summed E-state index contributed by atoms with van der Waals surface area (Å²) in [6.45, 7) is 11.1. The molecule has 0 fully saturated rings. The lowest BCUT2D eigenvalue weighted by Crippen LogP contribution is -2.47. The number of thiocarbonyl (C=S) groups is 1. The Balaban J connectivity index is 1.78. The predicted octanol–water partition coefficient (Wildman–Crippen LogP) is 5.89. The number of fused-ring (bicyclic) bond motifs is 2. The minimum atomic E-state index is -0.0758. The van der Waals surface area contributed by atoms with Crippen LogP contribution in [0.4, 0.5) is 5.69 Å². The fourth-order valence-electron chi connectivity index (χ4n) is 3.69. The number of nitrogens with one attached hydrogen (secondary N) is 2. The highest BCUT2D eigenvalue weighted by molar-refractivity contribution is 7.80. The van der Waals surface area contributed by atoms with Crippen molar-refractivity contribution in [3.63, 3.8) is 0 Å². The lowest BCUT2D eigenvalue weighted by Gasteiger charge is -2.34. The zero-order chi connectivity index (χ0) is 18.9. The van der Waals surface area contributed by atoms with E-state index in [1.54, 1.807) is 0 Å². The van der Waals surface area contributed by atoms with Crippen molar-refractivity contribution in [1.29, 1.82) is 0 Å². The molecular weight excluding hydrogens is 338 g/mol. The van der Waals surface area contributed by atoms with Gasteiger partial charge in [-0.15, -0.1) is 0 Å². The van der Waals surface area contributed by atoms with Crippen LogP contribution in [-0.2, 0) is 0 Å². The van der Waals surface area contributed by atoms with Gasteiger partial charge in [0.05, 0.1) is 11.0 Å². The van der Waals surface area contributed by atoms with Crippen molar-refractivity contribution in [2.24, 2.45) is 5.41 Å². The fourth-order valence-corrected chi connectivity index (χ4v) is 4.08. The minimum absolute atomic E-state index is 0.0758. The molecule has 2 aromatic carbocycles. The standard InChI is InChI=1S/C22H27N3S/c1-21(2,3)14-22(4,5)25-20(26)23-17-11-10-16-12-15-8-6-7-9-18(15)24-19(16)13-17/h6-13H,14H2,1-5H3,(H2,23,25,26). The molecular formula is C22H27N3S. The summed E-state index contributed by atoms with van der Waals surface area (Å²) in [6, 6.07) is 16.5. The van der Waals surface area contributed by atoms with Gasteiger partial charge in [-0.25, -0.2) is 4.98 Å². The molecule has 0 aliphatic heterocycles. The van der Waals surface area contributed by atoms with Crippen molar-refractivity contribution in [2.45, 2.75) is 46.6 Å². The van der Waals surface area contributed by atoms with Crippen molar-refractivity contribution in [1.82, 2.24) is 10.3 Å². The van der Waals surface area contributed by atoms with Crippen molar-refractivity contribution in [3.8, 4) is 0 Å². The van der Waals surface area contributed by atoms with Gasteiger partial charge in [0.15, 0.2) is 5.11 Å². The van der Waals surface area contributed by atoms with E-state index in [9.17, 15) is 0 Å². The molecule has 4 heteroatoms. The third-order valence-corrected chi connectivity index (χ3v) is 4.41. The van der Waals surface area contributed by atoms with Crippen LogP contribution in [0.15, 0.2) is 48.5 Å². The Morgan fingerprint density at radius 1 is 0.923 bits per heavy atom. The maximum atomic E-state index is 5.53. The lowest BCUT2D eigenvalue weighted by molar-refractivity contribution is 0.268. The minimum Gasteiger partial charge on any atom is -0.358 e. The first-order chi connectivity index (χ1) is 12.1. The number of pyridine rings is 1. The average Bonchev–Trinajstić information content (AvgIpc) is 2.49. The Hall–Kier alpha value is -2.20. The van der Waals surface area contributed by atoms with Gasteiger partial charge in [0.2, 0.25) is 0 Å². The number of hydrogen-bond acceptors (Lipinski definition) is 2. The van der Waals surface area contributed by atoms with E-state index >= 15 is 0 Å². The van der Waals surface area contributed by atoms with Crippen molar-refractivity contribution in [3.05, 3.63) is 48.5 Å². The van der Waals surface area contributed by atoms with Crippen LogP contribution < -0.4 is 10.6 Å². The van der Waals surface area contributed by atoms with E-state index in [-0.39, 0.29) is 11.0 Å². The van der Waals surface area contributed by atoms with Crippen molar-refractivity contribution >= 4 is 44.8 Å². The van der Waals surface area contributed by atoms with Gasteiger partial charge < -0.3 is 10.6 Å². The fraction of sp³-hybridized carbons (Fsp3) is 0.364. The number of rotatable bonds is 3. The number of benzene rings is 2. The summed E-state index contributed by atoms with van der Waals surface area (Å²) in [5.41, 5.74) is 3.08. The van der Waals surface area contributed by atoms with Crippen LogP contribution >= 0.6 is 12.2 Å². The number of para-hydroxylation sites is 1. The first-order valence-corrected chi connectivity index (χ1v) is 9.41. The van der Waals surface area contributed by atoms with Crippen LogP contribution in [0.2, 0.25) is 0 Å². The van der Waals surface area contributed by atoms with Gasteiger partial charge in [0, 0.05) is 22.0 Å². The highest BCUT2D eigenvalue weighted by Gasteiger charge is 2.25. The van der Waals surface area contributed by atoms with Crippen LogP contribution in [0.1, 0.15) is 41.0 Å². The van der Waals surface area contributed by atoms with Crippen molar-refractivity contribution < 1.29 is 0 Å². The molecule has 26 heavy (non-hydrogen) atoms. The zero-order valence-electron chi connectivity index (χ0n) is 16.2. The van der Waals surface area contributed by atoms with E-state index in [0.29, 0.717) is 5.11 Å². The summed E-state index contributed by atoms with van der Waals surface area (Å²) < 4.78 is 0. The summed E-state index contributed by atoms with van der Waals surface area (Å²) >= 11 is 5.53. The Morgan fingerprint density at radius 2 is 1.62 bits per heavy atom.